The quantitative estimate of drug-likeness (QED) is 0.194. The second-order valence-electron chi connectivity index (χ2n) is 6.58. The van der Waals surface area contributed by atoms with Gasteiger partial charge in [0, 0.05) is 33.3 Å². The van der Waals surface area contributed by atoms with E-state index < -0.39 is 0 Å². The monoisotopic (exact) mass is 531 g/mol. The van der Waals surface area contributed by atoms with Crippen LogP contribution in [0.2, 0.25) is 0 Å². The number of hydrogen-bond donors (Lipinski definition) is 1. The summed E-state index contributed by atoms with van der Waals surface area (Å²) in [6.07, 6.45) is 3.40. The highest BCUT2D eigenvalue weighted by Crippen LogP contribution is 2.27. The molecule has 0 atom stereocenters. The predicted octanol–water partition coefficient (Wildman–Crippen LogP) is 3.96. The molecule has 0 fully saturated rings. The number of guanidine groups is 1. The van der Waals surface area contributed by atoms with Crippen LogP contribution in [0.1, 0.15) is 24.7 Å². The number of halogens is 1. The van der Waals surface area contributed by atoms with E-state index in [4.69, 9.17) is 23.6 Å². The van der Waals surface area contributed by atoms with Crippen molar-refractivity contribution in [1.29, 1.82) is 0 Å². The van der Waals surface area contributed by atoms with Crippen molar-refractivity contribution >= 4 is 29.9 Å². The molecule has 30 heavy (non-hydrogen) atoms. The van der Waals surface area contributed by atoms with Crippen molar-refractivity contribution in [3.63, 3.8) is 0 Å². The minimum atomic E-state index is 0. The molecule has 7 nitrogen and oxygen atoms in total. The minimum Gasteiger partial charge on any atom is -0.493 e. The van der Waals surface area contributed by atoms with Gasteiger partial charge in [0.05, 0.1) is 20.5 Å². The van der Waals surface area contributed by atoms with Gasteiger partial charge < -0.3 is 28.8 Å². The van der Waals surface area contributed by atoms with E-state index in [2.05, 4.69) is 30.3 Å². The predicted molar refractivity (Wildman–Crippen MR) is 130 cm³/mol. The fourth-order valence-electron chi connectivity index (χ4n) is 2.83. The summed E-state index contributed by atoms with van der Waals surface area (Å²) in [6, 6.07) is 9.80. The maximum Gasteiger partial charge on any atom is 0.193 e. The van der Waals surface area contributed by atoms with Crippen LogP contribution in [0.25, 0.3) is 0 Å². The van der Waals surface area contributed by atoms with Crippen LogP contribution in [0.15, 0.2) is 46.0 Å². The van der Waals surface area contributed by atoms with Gasteiger partial charge in [0.15, 0.2) is 17.5 Å². The molecule has 2 rings (SSSR count). The van der Waals surface area contributed by atoms with Gasteiger partial charge in [-0.15, -0.1) is 24.0 Å². The van der Waals surface area contributed by atoms with Crippen LogP contribution in [-0.2, 0) is 17.8 Å². The molecule has 0 bridgehead atoms. The molecular formula is C22H34IN3O4. The summed E-state index contributed by atoms with van der Waals surface area (Å²) in [5, 5.41) is 3.35. The van der Waals surface area contributed by atoms with Crippen molar-refractivity contribution in [1.82, 2.24) is 10.2 Å². The van der Waals surface area contributed by atoms with Crippen molar-refractivity contribution in [2.45, 2.75) is 26.4 Å². The van der Waals surface area contributed by atoms with E-state index in [1.807, 2.05) is 24.3 Å². The zero-order valence-corrected chi connectivity index (χ0v) is 20.7. The lowest BCUT2D eigenvalue weighted by molar-refractivity contribution is 0.105. The number of benzene rings is 1. The molecule has 1 aromatic carbocycles. The van der Waals surface area contributed by atoms with Crippen molar-refractivity contribution in [3.8, 4) is 11.5 Å². The van der Waals surface area contributed by atoms with Crippen LogP contribution in [0.4, 0.5) is 0 Å². The Hall–Kier alpha value is -1.94. The van der Waals surface area contributed by atoms with E-state index in [9.17, 15) is 0 Å². The first-order valence-corrected chi connectivity index (χ1v) is 9.98. The summed E-state index contributed by atoms with van der Waals surface area (Å²) < 4.78 is 21.5. The number of nitrogens with one attached hydrogen (secondary N) is 1. The van der Waals surface area contributed by atoms with Crippen LogP contribution in [-0.4, -0.2) is 58.4 Å². The summed E-state index contributed by atoms with van der Waals surface area (Å²) in [5.41, 5.74) is 1.19. The van der Waals surface area contributed by atoms with Gasteiger partial charge in [0.2, 0.25) is 0 Å². The van der Waals surface area contributed by atoms with Gasteiger partial charge in [-0.1, -0.05) is 6.07 Å². The van der Waals surface area contributed by atoms with Gasteiger partial charge in [-0.3, -0.25) is 4.99 Å². The van der Waals surface area contributed by atoms with Crippen molar-refractivity contribution < 1.29 is 18.6 Å². The van der Waals surface area contributed by atoms with Gasteiger partial charge >= 0.3 is 0 Å². The Bertz CT molecular complexity index is 738. The second-order valence-corrected chi connectivity index (χ2v) is 6.58. The summed E-state index contributed by atoms with van der Waals surface area (Å²) in [6.45, 7) is 5.61. The molecule has 0 unspecified atom stereocenters. The van der Waals surface area contributed by atoms with Gasteiger partial charge in [0.1, 0.15) is 12.4 Å². The van der Waals surface area contributed by atoms with Crippen molar-refractivity contribution in [2.75, 3.05) is 47.5 Å². The molecule has 2 aromatic rings. The molecule has 0 aliphatic heterocycles. The lowest BCUT2D eigenvalue weighted by atomic mass is 10.1. The Morgan fingerprint density at radius 3 is 2.63 bits per heavy atom. The van der Waals surface area contributed by atoms with Crippen LogP contribution < -0.4 is 14.8 Å². The second kappa shape index (κ2) is 15.0. The largest absolute Gasteiger partial charge is 0.493 e. The number of aliphatic imine (C=N–C) groups is 1. The molecule has 0 aliphatic rings. The Labute approximate surface area is 196 Å². The van der Waals surface area contributed by atoms with Gasteiger partial charge in [-0.25, -0.2) is 0 Å². The van der Waals surface area contributed by atoms with Gasteiger partial charge in [-0.2, -0.15) is 0 Å². The topological polar surface area (TPSA) is 68.5 Å². The molecule has 0 saturated carbocycles. The molecule has 0 spiro atoms. The molecule has 168 valence electrons. The highest BCUT2D eigenvalue weighted by molar-refractivity contribution is 14.0. The van der Waals surface area contributed by atoms with E-state index in [0.29, 0.717) is 19.8 Å². The van der Waals surface area contributed by atoms with Crippen LogP contribution >= 0.6 is 24.0 Å². The molecule has 0 amide bonds. The molecule has 1 heterocycles. The number of hydrogen-bond acceptors (Lipinski definition) is 5. The fourth-order valence-corrected chi connectivity index (χ4v) is 2.83. The first-order chi connectivity index (χ1) is 14.2. The molecule has 0 saturated heterocycles. The molecule has 1 aromatic heterocycles. The SMILES string of the molecule is CCNC(=NCCCOCc1ccco1)N(C)CCc1ccc(OC)c(OC)c1.I. The van der Waals surface area contributed by atoms with E-state index >= 15 is 0 Å². The zero-order valence-electron chi connectivity index (χ0n) is 18.3. The molecule has 0 aliphatic carbocycles. The first-order valence-electron chi connectivity index (χ1n) is 9.98. The van der Waals surface area contributed by atoms with E-state index in [-0.39, 0.29) is 24.0 Å². The lowest BCUT2D eigenvalue weighted by Crippen LogP contribution is -2.40. The molecule has 0 radical (unpaired) electrons. The smallest absolute Gasteiger partial charge is 0.193 e. The van der Waals surface area contributed by atoms with E-state index in [1.54, 1.807) is 20.5 Å². The Balaban J connectivity index is 0.00000450. The minimum absolute atomic E-state index is 0. The molecule has 1 N–H and O–H groups in total. The number of nitrogens with zero attached hydrogens (tertiary/aromatic N) is 2. The highest BCUT2D eigenvalue weighted by Gasteiger charge is 2.08. The number of rotatable bonds is 12. The van der Waals surface area contributed by atoms with Gasteiger partial charge in [0.25, 0.3) is 0 Å². The first kappa shape index (κ1) is 26.1. The molecular weight excluding hydrogens is 497 g/mol. The maximum atomic E-state index is 5.61. The van der Waals surface area contributed by atoms with Crippen LogP contribution in [0.3, 0.4) is 0 Å². The average Bonchev–Trinajstić information content (AvgIpc) is 3.26. The fraction of sp³-hybridized carbons (Fsp3) is 0.500. The van der Waals surface area contributed by atoms with Crippen LogP contribution in [0.5, 0.6) is 11.5 Å². The third-order valence-electron chi connectivity index (χ3n) is 4.41. The van der Waals surface area contributed by atoms with E-state index in [1.165, 1.54) is 5.56 Å². The summed E-state index contributed by atoms with van der Waals surface area (Å²) >= 11 is 0. The van der Waals surface area contributed by atoms with Crippen molar-refractivity contribution in [2.24, 2.45) is 4.99 Å². The third kappa shape index (κ3) is 8.83. The number of furan rings is 1. The third-order valence-corrected chi connectivity index (χ3v) is 4.41. The average molecular weight is 531 g/mol. The van der Waals surface area contributed by atoms with Gasteiger partial charge in [-0.05, 0) is 49.6 Å². The summed E-state index contributed by atoms with van der Waals surface area (Å²) in [4.78, 5) is 6.85. The number of methoxy groups -OCH3 is 2. The summed E-state index contributed by atoms with van der Waals surface area (Å²) in [5.74, 6) is 3.24. The standard InChI is InChI=1S/C22H33N3O4.HI/c1-5-23-22(24-12-7-14-28-17-19-8-6-15-29-19)25(2)13-11-18-9-10-20(26-3)21(16-18)27-4;/h6,8-10,15-16H,5,7,11-14,17H2,1-4H3,(H,23,24);1H. The lowest BCUT2D eigenvalue weighted by Gasteiger charge is -2.22. The van der Waals surface area contributed by atoms with E-state index in [0.717, 1.165) is 49.1 Å². The van der Waals surface area contributed by atoms with Crippen molar-refractivity contribution in [3.05, 3.63) is 47.9 Å². The Morgan fingerprint density at radius 2 is 1.97 bits per heavy atom. The highest BCUT2D eigenvalue weighted by atomic mass is 127. The van der Waals surface area contributed by atoms with Crippen LogP contribution in [0, 0.1) is 0 Å². The normalized spacial score (nSPS) is 11.0. The summed E-state index contributed by atoms with van der Waals surface area (Å²) in [7, 11) is 5.35. The Kier molecular flexibility index (Phi) is 13.0. The molecule has 8 heteroatoms. The maximum absolute atomic E-state index is 5.61. The zero-order chi connectivity index (χ0) is 20.9. The number of ether oxygens (including phenoxy) is 3. The Morgan fingerprint density at radius 1 is 1.17 bits per heavy atom. The number of likely N-dealkylation sites (N-methyl/N-ethyl adjacent to an activating group) is 1.